The second kappa shape index (κ2) is 6.89. The largest absolute Gasteiger partial charge is 0.423 e. The molecule has 2 heterocycles. The number of aryl methyl sites for hydroxylation is 1. The third kappa shape index (κ3) is 3.03. The Morgan fingerprint density at radius 1 is 1.16 bits per heavy atom. The van der Waals surface area contributed by atoms with Gasteiger partial charge in [-0.2, -0.15) is 0 Å². The maximum atomic E-state index is 12.7. The lowest BCUT2D eigenvalue weighted by Crippen LogP contribution is -2.36. The van der Waals surface area contributed by atoms with E-state index >= 15 is 0 Å². The van der Waals surface area contributed by atoms with Crippen LogP contribution in [0.1, 0.15) is 0 Å². The molecule has 1 N–H and O–H groups in total. The molecule has 8 heteroatoms. The number of hydrogen-bond donors (Lipinski definition) is 1. The van der Waals surface area contributed by atoms with Crippen molar-refractivity contribution in [2.45, 2.75) is 0 Å². The maximum absolute atomic E-state index is 12.7. The number of methoxy groups -OCH3 is 1. The molecule has 25 heavy (non-hydrogen) atoms. The third-order valence-corrected chi connectivity index (χ3v) is 4.54. The van der Waals surface area contributed by atoms with Crippen LogP contribution in [0.15, 0.2) is 42.7 Å². The van der Waals surface area contributed by atoms with E-state index in [0.29, 0.717) is 30.0 Å². The summed E-state index contributed by atoms with van der Waals surface area (Å²) in [5.41, 5.74) is 0.870. The Morgan fingerprint density at radius 2 is 1.84 bits per heavy atom. The molecule has 0 amide bonds. The number of fused-ring (bicyclic) bond motifs is 1. The molecule has 0 aliphatic carbocycles. The molecule has 2 aromatic heterocycles. The number of aromatic nitrogens is 2. The zero-order valence-corrected chi connectivity index (χ0v) is 15.7. The van der Waals surface area contributed by atoms with Crippen LogP contribution < -0.4 is 16.6 Å². The Morgan fingerprint density at radius 3 is 2.48 bits per heavy atom. The molecule has 0 radical (unpaired) electrons. The summed E-state index contributed by atoms with van der Waals surface area (Å²) in [4.78, 5) is 24.9. The van der Waals surface area contributed by atoms with E-state index in [1.54, 1.807) is 14.2 Å². The number of nitrogens with one attached hydrogen (secondary N) is 1. The van der Waals surface area contributed by atoms with Crippen LogP contribution >= 0.6 is 15.9 Å². The number of hydrogen-bond acceptors (Lipinski definition) is 5. The second-order valence-corrected chi connectivity index (χ2v) is 6.53. The summed E-state index contributed by atoms with van der Waals surface area (Å²) in [6, 6.07) is 7.56. The molecule has 0 aliphatic rings. The molecule has 0 unspecified atom stereocenters. The number of benzene rings is 1. The minimum atomic E-state index is -0.433. The summed E-state index contributed by atoms with van der Waals surface area (Å²) < 4.78 is 14.2. The molecule has 0 bridgehead atoms. The number of rotatable bonds is 5. The van der Waals surface area contributed by atoms with E-state index in [4.69, 9.17) is 9.15 Å². The van der Waals surface area contributed by atoms with E-state index in [1.807, 2.05) is 24.3 Å². The van der Waals surface area contributed by atoms with E-state index in [2.05, 4.69) is 21.2 Å². The third-order valence-electron chi connectivity index (χ3n) is 4.01. The zero-order chi connectivity index (χ0) is 18.1. The average molecular weight is 408 g/mol. The number of halogens is 1. The van der Waals surface area contributed by atoms with E-state index in [1.165, 1.54) is 11.6 Å². The number of ether oxygens (including phenoxy) is 1. The molecule has 0 atom stereocenters. The van der Waals surface area contributed by atoms with Crippen molar-refractivity contribution in [2.24, 2.45) is 14.1 Å². The van der Waals surface area contributed by atoms with Gasteiger partial charge in [-0.15, -0.1) is 0 Å². The average Bonchev–Trinajstić information content (AvgIpc) is 2.99. The van der Waals surface area contributed by atoms with Crippen LogP contribution in [-0.4, -0.2) is 29.4 Å². The van der Waals surface area contributed by atoms with Gasteiger partial charge < -0.3 is 14.5 Å². The maximum Gasteiger partial charge on any atom is 0.333 e. The van der Waals surface area contributed by atoms with E-state index in [-0.39, 0.29) is 11.3 Å². The van der Waals surface area contributed by atoms with Crippen LogP contribution in [-0.2, 0) is 18.8 Å². The molecule has 0 saturated carbocycles. The lowest BCUT2D eigenvalue weighted by molar-refractivity contribution is 0.210. The van der Waals surface area contributed by atoms with Crippen LogP contribution in [0.5, 0.6) is 0 Å². The molecular weight excluding hydrogens is 390 g/mol. The quantitative estimate of drug-likeness (QED) is 0.656. The van der Waals surface area contributed by atoms with Gasteiger partial charge in [0.1, 0.15) is 5.39 Å². The fourth-order valence-corrected chi connectivity index (χ4v) is 2.97. The van der Waals surface area contributed by atoms with Gasteiger partial charge in [0.15, 0.2) is 0 Å². The molecule has 0 saturated heterocycles. The predicted molar refractivity (Wildman–Crippen MR) is 100 cm³/mol. The van der Waals surface area contributed by atoms with Crippen molar-refractivity contribution in [3.05, 3.63) is 49.6 Å². The second-order valence-electron chi connectivity index (χ2n) is 5.62. The van der Waals surface area contributed by atoms with Gasteiger partial charge in [-0.1, -0.05) is 28.1 Å². The van der Waals surface area contributed by atoms with Gasteiger partial charge in [0.25, 0.3) is 5.56 Å². The molecule has 3 rings (SSSR count). The van der Waals surface area contributed by atoms with Gasteiger partial charge >= 0.3 is 5.69 Å². The normalized spacial score (nSPS) is 11.2. The Bertz CT molecular complexity index is 1030. The minimum absolute atomic E-state index is 0.242. The van der Waals surface area contributed by atoms with Gasteiger partial charge in [0, 0.05) is 32.2 Å². The fourth-order valence-electron chi connectivity index (χ4n) is 2.70. The fraction of sp³-hybridized carbons (Fsp3) is 0.294. The van der Waals surface area contributed by atoms with Crippen LogP contribution in [0, 0.1) is 0 Å². The van der Waals surface area contributed by atoms with Crippen molar-refractivity contribution < 1.29 is 9.15 Å². The van der Waals surface area contributed by atoms with Crippen molar-refractivity contribution in [3.63, 3.8) is 0 Å². The van der Waals surface area contributed by atoms with Crippen molar-refractivity contribution in [2.75, 3.05) is 25.6 Å². The molecule has 3 aromatic rings. The smallest absolute Gasteiger partial charge is 0.333 e. The predicted octanol–water partition coefficient (Wildman–Crippen LogP) is 2.32. The highest BCUT2D eigenvalue weighted by Gasteiger charge is 2.22. The molecule has 1 aromatic carbocycles. The Kier molecular flexibility index (Phi) is 4.82. The lowest BCUT2D eigenvalue weighted by Gasteiger charge is -2.06. The summed E-state index contributed by atoms with van der Waals surface area (Å²) in [7, 11) is 4.65. The summed E-state index contributed by atoms with van der Waals surface area (Å²) in [6.07, 6.45) is 0. The zero-order valence-electron chi connectivity index (χ0n) is 14.1. The molecule has 132 valence electrons. The monoisotopic (exact) mass is 407 g/mol. The molecule has 0 aliphatic heterocycles. The minimum Gasteiger partial charge on any atom is -0.423 e. The Labute approximate surface area is 152 Å². The van der Waals surface area contributed by atoms with Crippen molar-refractivity contribution in [3.8, 4) is 11.1 Å². The van der Waals surface area contributed by atoms with Gasteiger partial charge in [-0.05, 0) is 17.7 Å². The van der Waals surface area contributed by atoms with Crippen molar-refractivity contribution in [1.82, 2.24) is 9.13 Å². The standard InChI is InChI=1S/C17H18BrN3O4/c1-20-15(22)13-12(10-4-6-11(18)7-5-10)14(19-8-9-24-3)25-16(13)21(2)17(20)23/h4-7,19H,8-9H2,1-3H3. The molecule has 7 nitrogen and oxygen atoms in total. The van der Waals surface area contributed by atoms with Crippen LogP contribution in [0.4, 0.5) is 5.88 Å². The Hall–Kier alpha value is -2.32. The van der Waals surface area contributed by atoms with Crippen molar-refractivity contribution in [1.29, 1.82) is 0 Å². The van der Waals surface area contributed by atoms with Gasteiger partial charge in [-0.25, -0.2) is 4.79 Å². The SMILES string of the molecule is COCCNc1oc2c(c1-c1ccc(Br)cc1)c(=O)n(C)c(=O)n2C. The Balaban J connectivity index is 2.33. The molecular formula is C17H18BrN3O4. The lowest BCUT2D eigenvalue weighted by atomic mass is 10.1. The van der Waals surface area contributed by atoms with Gasteiger partial charge in [0.2, 0.25) is 11.6 Å². The first kappa shape index (κ1) is 17.5. The highest BCUT2D eigenvalue weighted by molar-refractivity contribution is 9.10. The summed E-state index contributed by atoms with van der Waals surface area (Å²) in [6.45, 7) is 0.988. The van der Waals surface area contributed by atoms with Gasteiger partial charge in [-0.3, -0.25) is 13.9 Å². The van der Waals surface area contributed by atoms with E-state index in [9.17, 15) is 9.59 Å². The van der Waals surface area contributed by atoms with Gasteiger partial charge in [0.05, 0.1) is 12.2 Å². The van der Waals surface area contributed by atoms with Crippen LogP contribution in [0.3, 0.4) is 0 Å². The highest BCUT2D eigenvalue weighted by atomic mass is 79.9. The number of anilines is 1. The highest BCUT2D eigenvalue weighted by Crippen LogP contribution is 2.36. The summed E-state index contributed by atoms with van der Waals surface area (Å²) in [5.74, 6) is 0.438. The van der Waals surface area contributed by atoms with Crippen LogP contribution in [0.25, 0.3) is 22.2 Å². The topological polar surface area (TPSA) is 78.4 Å². The number of furan rings is 1. The first-order valence-electron chi connectivity index (χ1n) is 7.67. The molecule has 0 fully saturated rings. The van der Waals surface area contributed by atoms with E-state index < -0.39 is 5.69 Å². The molecule has 0 spiro atoms. The van der Waals surface area contributed by atoms with Crippen molar-refractivity contribution >= 4 is 32.9 Å². The first-order chi connectivity index (χ1) is 12.0. The summed E-state index contributed by atoms with van der Waals surface area (Å²) in [5, 5.41) is 3.51. The van der Waals surface area contributed by atoms with Crippen LogP contribution in [0.2, 0.25) is 0 Å². The first-order valence-corrected chi connectivity index (χ1v) is 8.46. The summed E-state index contributed by atoms with van der Waals surface area (Å²) >= 11 is 3.41. The van der Waals surface area contributed by atoms with E-state index in [0.717, 1.165) is 14.6 Å². The number of nitrogens with zero attached hydrogens (tertiary/aromatic N) is 2.